The number of nitrogens with zero attached hydrogens (tertiary/aromatic N) is 2. The van der Waals surface area contributed by atoms with Crippen LogP contribution in [0.15, 0.2) is 54.6 Å². The third-order valence-electron chi connectivity index (χ3n) is 3.95. The van der Waals surface area contributed by atoms with Crippen LogP contribution in [0.25, 0.3) is 11.3 Å². The number of hydrogen-bond donors (Lipinski definition) is 2. The molecule has 0 fully saturated rings. The molecule has 0 bridgehead atoms. The normalized spacial score (nSPS) is 9.86. The van der Waals surface area contributed by atoms with Crippen molar-refractivity contribution in [3.63, 3.8) is 0 Å². The van der Waals surface area contributed by atoms with E-state index in [-0.39, 0.29) is 0 Å². The monoisotopic (exact) mass is 380 g/mol. The number of anilines is 2. The molecule has 148 valence electrons. The third kappa shape index (κ3) is 5.87. The van der Waals surface area contributed by atoms with Crippen LogP contribution >= 0.6 is 0 Å². The van der Waals surface area contributed by atoms with E-state index in [1.165, 1.54) is 5.56 Å². The molecule has 0 aliphatic heterocycles. The van der Waals surface area contributed by atoms with Gasteiger partial charge in [0.25, 0.3) is 0 Å². The van der Waals surface area contributed by atoms with Crippen molar-refractivity contribution in [2.24, 2.45) is 0 Å². The van der Waals surface area contributed by atoms with Gasteiger partial charge in [-0.25, -0.2) is 0 Å². The van der Waals surface area contributed by atoms with E-state index in [4.69, 9.17) is 15.2 Å². The van der Waals surface area contributed by atoms with Crippen molar-refractivity contribution in [1.29, 1.82) is 0 Å². The lowest BCUT2D eigenvalue weighted by atomic mass is 10.1. The van der Waals surface area contributed by atoms with Gasteiger partial charge in [0.2, 0.25) is 0 Å². The number of nitrogens with two attached hydrogens (primary N) is 1. The lowest BCUT2D eigenvalue weighted by Gasteiger charge is -2.10. The lowest BCUT2D eigenvalue weighted by Crippen LogP contribution is -2.08. The zero-order chi connectivity index (χ0) is 20.4. The van der Waals surface area contributed by atoms with Crippen LogP contribution < -0.4 is 20.5 Å². The molecule has 3 aromatic rings. The number of nitrogen functional groups attached to an aromatic ring is 1. The Morgan fingerprint density at radius 3 is 2.32 bits per heavy atom. The molecule has 0 saturated heterocycles. The Bertz CT molecular complexity index is 867. The summed E-state index contributed by atoms with van der Waals surface area (Å²) in [5.41, 5.74) is 9.46. The molecule has 6 heteroatoms. The summed E-state index contributed by atoms with van der Waals surface area (Å²) in [6, 6.07) is 17.8. The van der Waals surface area contributed by atoms with Crippen molar-refractivity contribution < 1.29 is 9.47 Å². The summed E-state index contributed by atoms with van der Waals surface area (Å²) in [6.07, 6.45) is 0.865. The van der Waals surface area contributed by atoms with E-state index >= 15 is 0 Å². The summed E-state index contributed by atoms with van der Waals surface area (Å²) >= 11 is 0. The van der Waals surface area contributed by atoms with Crippen LogP contribution in [0, 0.1) is 0 Å². The standard InChI is InChI=1S/C20H22N4O2.C2H6/c1-25-17-8-6-14(7-9-17)10-11-22-19-13-18(23-20(24-19)26-2)15-4-3-5-16(21)12-15;1-2/h3-9,12-13H,10-11,21H2,1-2H3,(H,22,23,24);1-2H3. The van der Waals surface area contributed by atoms with Gasteiger partial charge < -0.3 is 20.5 Å². The van der Waals surface area contributed by atoms with Gasteiger partial charge in [0.15, 0.2) is 0 Å². The Morgan fingerprint density at radius 1 is 0.929 bits per heavy atom. The quantitative estimate of drug-likeness (QED) is 0.590. The average molecular weight is 380 g/mol. The molecule has 1 heterocycles. The van der Waals surface area contributed by atoms with Gasteiger partial charge in [0, 0.05) is 23.9 Å². The fraction of sp³-hybridized carbons (Fsp3) is 0.273. The summed E-state index contributed by atoms with van der Waals surface area (Å²) in [7, 11) is 3.22. The lowest BCUT2D eigenvalue weighted by molar-refractivity contribution is 0.381. The first kappa shape index (κ1) is 21.0. The van der Waals surface area contributed by atoms with Crippen LogP contribution in [0.1, 0.15) is 19.4 Å². The molecule has 0 saturated carbocycles. The molecule has 0 aliphatic rings. The van der Waals surface area contributed by atoms with Gasteiger partial charge in [-0.2, -0.15) is 9.97 Å². The Kier molecular flexibility index (Phi) is 8.09. The second-order valence-electron chi connectivity index (χ2n) is 5.78. The van der Waals surface area contributed by atoms with E-state index in [2.05, 4.69) is 27.4 Å². The van der Waals surface area contributed by atoms with E-state index in [1.54, 1.807) is 14.2 Å². The fourth-order valence-corrected chi connectivity index (χ4v) is 2.58. The van der Waals surface area contributed by atoms with Crippen LogP contribution in [-0.2, 0) is 6.42 Å². The maximum Gasteiger partial charge on any atom is 0.318 e. The molecule has 3 N–H and O–H groups in total. The van der Waals surface area contributed by atoms with E-state index in [9.17, 15) is 0 Å². The SMILES string of the molecule is CC.COc1ccc(CCNc2cc(-c3cccc(N)c3)nc(OC)n2)cc1. The second-order valence-corrected chi connectivity index (χ2v) is 5.78. The molecule has 1 aromatic heterocycles. The Labute approximate surface area is 166 Å². The summed E-state index contributed by atoms with van der Waals surface area (Å²) in [6.45, 7) is 4.74. The van der Waals surface area contributed by atoms with Crippen LogP contribution in [0.3, 0.4) is 0 Å². The number of benzene rings is 2. The van der Waals surface area contributed by atoms with Crippen LogP contribution in [-0.4, -0.2) is 30.7 Å². The van der Waals surface area contributed by atoms with Gasteiger partial charge in [-0.1, -0.05) is 38.1 Å². The molecule has 0 unspecified atom stereocenters. The highest BCUT2D eigenvalue weighted by Gasteiger charge is 2.07. The Hall–Kier alpha value is -3.28. The number of nitrogens with one attached hydrogen (secondary N) is 1. The predicted molar refractivity (Wildman–Crippen MR) is 115 cm³/mol. The molecule has 28 heavy (non-hydrogen) atoms. The smallest absolute Gasteiger partial charge is 0.318 e. The molecular weight excluding hydrogens is 352 g/mol. The zero-order valence-electron chi connectivity index (χ0n) is 16.9. The van der Waals surface area contributed by atoms with Crippen molar-refractivity contribution in [3.05, 3.63) is 60.2 Å². The molecule has 0 aliphatic carbocycles. The molecule has 0 radical (unpaired) electrons. The van der Waals surface area contributed by atoms with E-state index in [0.717, 1.165) is 30.0 Å². The number of aromatic nitrogens is 2. The highest BCUT2D eigenvalue weighted by Crippen LogP contribution is 2.24. The first-order valence-corrected chi connectivity index (χ1v) is 9.34. The van der Waals surface area contributed by atoms with Crippen molar-refractivity contribution in [2.75, 3.05) is 31.8 Å². The van der Waals surface area contributed by atoms with Crippen LogP contribution in [0.4, 0.5) is 11.5 Å². The molecule has 3 rings (SSSR count). The summed E-state index contributed by atoms with van der Waals surface area (Å²) in [5, 5.41) is 3.33. The number of methoxy groups -OCH3 is 2. The predicted octanol–water partition coefficient (Wildman–Crippen LogP) is 4.42. The van der Waals surface area contributed by atoms with Crippen LogP contribution in [0.5, 0.6) is 11.8 Å². The first-order valence-electron chi connectivity index (χ1n) is 9.34. The summed E-state index contributed by atoms with van der Waals surface area (Å²) in [5.74, 6) is 1.57. The van der Waals surface area contributed by atoms with Gasteiger partial charge >= 0.3 is 6.01 Å². The van der Waals surface area contributed by atoms with Crippen LogP contribution in [0.2, 0.25) is 0 Å². The van der Waals surface area contributed by atoms with Gasteiger partial charge in [0.1, 0.15) is 11.6 Å². The molecule has 0 spiro atoms. The zero-order valence-corrected chi connectivity index (χ0v) is 16.9. The number of rotatable bonds is 7. The molecule has 0 amide bonds. The summed E-state index contributed by atoms with van der Waals surface area (Å²) < 4.78 is 10.4. The molecule has 0 atom stereocenters. The Morgan fingerprint density at radius 2 is 1.68 bits per heavy atom. The molecular formula is C22H28N4O2. The van der Waals surface area contributed by atoms with Crippen molar-refractivity contribution >= 4 is 11.5 Å². The maximum atomic E-state index is 5.87. The van der Waals surface area contributed by atoms with E-state index < -0.39 is 0 Å². The minimum absolute atomic E-state index is 0.317. The minimum atomic E-state index is 0.317. The van der Waals surface area contributed by atoms with Crippen molar-refractivity contribution in [1.82, 2.24) is 9.97 Å². The Balaban J connectivity index is 0.00000136. The van der Waals surface area contributed by atoms with E-state index in [1.807, 2.05) is 56.3 Å². The number of ether oxygens (including phenoxy) is 2. The highest BCUT2D eigenvalue weighted by molar-refractivity contribution is 5.66. The number of hydrogen-bond acceptors (Lipinski definition) is 6. The van der Waals surface area contributed by atoms with Crippen molar-refractivity contribution in [2.45, 2.75) is 20.3 Å². The van der Waals surface area contributed by atoms with Gasteiger partial charge in [-0.3, -0.25) is 0 Å². The summed E-state index contributed by atoms with van der Waals surface area (Å²) in [4.78, 5) is 8.77. The van der Waals surface area contributed by atoms with Gasteiger partial charge in [-0.05, 0) is 36.2 Å². The molecule has 2 aromatic carbocycles. The first-order chi connectivity index (χ1) is 13.7. The largest absolute Gasteiger partial charge is 0.497 e. The minimum Gasteiger partial charge on any atom is -0.497 e. The van der Waals surface area contributed by atoms with E-state index in [0.29, 0.717) is 17.5 Å². The second kappa shape index (κ2) is 10.8. The average Bonchev–Trinajstić information content (AvgIpc) is 2.75. The van der Waals surface area contributed by atoms with Gasteiger partial charge in [-0.15, -0.1) is 0 Å². The van der Waals surface area contributed by atoms with Crippen molar-refractivity contribution in [3.8, 4) is 23.0 Å². The highest BCUT2D eigenvalue weighted by atomic mass is 16.5. The topological polar surface area (TPSA) is 82.3 Å². The fourth-order valence-electron chi connectivity index (χ4n) is 2.58. The molecule has 6 nitrogen and oxygen atoms in total. The maximum absolute atomic E-state index is 5.87. The van der Waals surface area contributed by atoms with Gasteiger partial charge in [0.05, 0.1) is 19.9 Å². The third-order valence-corrected chi connectivity index (χ3v) is 3.95.